The third-order valence-corrected chi connectivity index (χ3v) is 3.43. The first kappa shape index (κ1) is 16.4. The molecule has 0 spiro atoms. The fraction of sp³-hybridized carbons (Fsp3) is 0.538. The topological polar surface area (TPSA) is 30.7 Å². The molecule has 0 bridgehead atoms. The van der Waals surface area contributed by atoms with E-state index in [1.807, 2.05) is 0 Å². The van der Waals surface area contributed by atoms with Crippen LogP contribution in [-0.2, 0) is 6.54 Å². The highest BCUT2D eigenvalue weighted by atomic mass is 35.5. The lowest BCUT2D eigenvalue weighted by Gasteiger charge is -2.10. The molecule has 2 heterocycles. The minimum atomic E-state index is -4.12. The zero-order valence-corrected chi connectivity index (χ0v) is 12.8. The van der Waals surface area contributed by atoms with E-state index in [-0.39, 0.29) is 11.8 Å². The van der Waals surface area contributed by atoms with Crippen LogP contribution in [0.2, 0.25) is 5.02 Å². The molecule has 0 aromatic carbocycles. The Kier molecular flexibility index (Phi) is 4.99. The van der Waals surface area contributed by atoms with Gasteiger partial charge in [-0.1, -0.05) is 11.6 Å². The highest BCUT2D eigenvalue weighted by Gasteiger charge is 2.26. The Hall–Kier alpha value is -1.01. The second-order valence-corrected chi connectivity index (χ2v) is 5.90. The Labute approximate surface area is 130 Å². The number of alkyl halides is 4. The van der Waals surface area contributed by atoms with Crippen LogP contribution in [-0.4, -0.2) is 20.7 Å². The summed E-state index contributed by atoms with van der Waals surface area (Å²) in [4.78, 5) is 8.56. The first-order valence-corrected chi connectivity index (χ1v) is 7.32. The maximum atomic E-state index is 12.2. The lowest BCUT2D eigenvalue weighted by molar-refractivity contribution is -0.135. The predicted molar refractivity (Wildman–Crippen MR) is 76.7 cm³/mol. The number of pyridine rings is 1. The van der Waals surface area contributed by atoms with Crippen molar-refractivity contribution in [2.24, 2.45) is 0 Å². The van der Waals surface area contributed by atoms with Gasteiger partial charge in [0.15, 0.2) is 5.65 Å². The summed E-state index contributed by atoms with van der Waals surface area (Å²) in [5.74, 6) is 0.591. The molecule has 1 atom stereocenters. The van der Waals surface area contributed by atoms with E-state index < -0.39 is 12.6 Å². The maximum absolute atomic E-state index is 12.2. The molecule has 1 unspecified atom stereocenters. The average Bonchev–Trinajstić information content (AvgIpc) is 2.71. The van der Waals surface area contributed by atoms with Crippen molar-refractivity contribution >= 4 is 34.4 Å². The van der Waals surface area contributed by atoms with E-state index in [2.05, 4.69) is 9.97 Å². The number of unbranched alkanes of at least 4 members (excludes halogenated alkanes) is 1. The van der Waals surface area contributed by atoms with Crippen molar-refractivity contribution in [3.05, 3.63) is 23.1 Å². The van der Waals surface area contributed by atoms with Crippen molar-refractivity contribution < 1.29 is 13.2 Å². The Morgan fingerprint density at radius 2 is 2.05 bits per heavy atom. The summed E-state index contributed by atoms with van der Waals surface area (Å²) < 4.78 is 38.2. The highest BCUT2D eigenvalue weighted by molar-refractivity contribution is 6.31. The number of imidazole rings is 1. The van der Waals surface area contributed by atoms with E-state index in [1.165, 1.54) is 6.20 Å². The van der Waals surface area contributed by atoms with Crippen molar-refractivity contribution in [2.45, 2.75) is 44.3 Å². The number of hydrogen-bond donors (Lipinski definition) is 0. The van der Waals surface area contributed by atoms with E-state index >= 15 is 0 Å². The summed E-state index contributed by atoms with van der Waals surface area (Å²) >= 11 is 11.9. The molecule has 8 heteroatoms. The number of hydrogen-bond acceptors (Lipinski definition) is 2. The SMILES string of the molecule is CC(Cl)c1nc2cc(Cl)cnc2n1CCCCC(F)(F)F. The van der Waals surface area contributed by atoms with Gasteiger partial charge < -0.3 is 4.57 Å². The molecule has 0 radical (unpaired) electrons. The average molecular weight is 340 g/mol. The van der Waals surface area contributed by atoms with Gasteiger partial charge in [0.05, 0.1) is 10.4 Å². The standard InChI is InChI=1S/C13H14Cl2F3N3/c1-8(14)11-20-10-6-9(15)7-19-12(10)21(11)5-3-2-4-13(16,17)18/h6-8H,2-5H2,1H3. The first-order chi connectivity index (χ1) is 9.78. The fourth-order valence-electron chi connectivity index (χ4n) is 2.12. The summed E-state index contributed by atoms with van der Waals surface area (Å²) in [6.07, 6.45) is -2.98. The van der Waals surface area contributed by atoms with Crippen molar-refractivity contribution in [2.75, 3.05) is 0 Å². The lowest BCUT2D eigenvalue weighted by atomic mass is 10.2. The second-order valence-electron chi connectivity index (χ2n) is 4.81. The van der Waals surface area contributed by atoms with E-state index in [0.717, 1.165) is 0 Å². The quantitative estimate of drug-likeness (QED) is 0.559. The zero-order chi connectivity index (χ0) is 15.6. The Balaban J connectivity index is 2.19. The molecular weight excluding hydrogens is 326 g/mol. The molecule has 0 aliphatic rings. The van der Waals surface area contributed by atoms with Crippen LogP contribution in [0.15, 0.2) is 12.3 Å². The van der Waals surface area contributed by atoms with Crippen molar-refractivity contribution in [1.29, 1.82) is 0 Å². The normalized spacial score (nSPS) is 13.8. The Morgan fingerprint density at radius 1 is 1.33 bits per heavy atom. The van der Waals surface area contributed by atoms with Crippen LogP contribution >= 0.6 is 23.2 Å². The molecule has 0 aliphatic carbocycles. The molecule has 0 saturated carbocycles. The van der Waals surface area contributed by atoms with Crippen LogP contribution < -0.4 is 0 Å². The van der Waals surface area contributed by atoms with Crippen molar-refractivity contribution in [1.82, 2.24) is 14.5 Å². The van der Waals surface area contributed by atoms with Crippen LogP contribution in [0, 0.1) is 0 Å². The van der Waals surface area contributed by atoms with Crippen LogP contribution in [0.1, 0.15) is 37.4 Å². The van der Waals surface area contributed by atoms with Crippen LogP contribution in [0.3, 0.4) is 0 Å². The lowest BCUT2D eigenvalue weighted by Crippen LogP contribution is -2.09. The molecule has 2 aromatic rings. The summed E-state index contributed by atoms with van der Waals surface area (Å²) in [6, 6.07) is 1.67. The molecule has 0 N–H and O–H groups in total. The number of rotatable bonds is 5. The molecule has 0 aliphatic heterocycles. The summed E-state index contributed by atoms with van der Waals surface area (Å²) in [6.45, 7) is 2.16. The van der Waals surface area contributed by atoms with Gasteiger partial charge in [-0.2, -0.15) is 13.2 Å². The molecule has 116 valence electrons. The van der Waals surface area contributed by atoms with Crippen molar-refractivity contribution in [3.8, 4) is 0 Å². The van der Waals surface area contributed by atoms with E-state index in [9.17, 15) is 13.2 Å². The van der Waals surface area contributed by atoms with E-state index in [1.54, 1.807) is 17.6 Å². The molecule has 0 saturated heterocycles. The maximum Gasteiger partial charge on any atom is 0.389 e. The molecule has 3 nitrogen and oxygen atoms in total. The molecular formula is C13H14Cl2F3N3. The molecule has 0 fully saturated rings. The fourth-order valence-corrected chi connectivity index (χ4v) is 2.44. The predicted octanol–water partition coefficient (Wildman–Crippen LogP) is 5.12. The van der Waals surface area contributed by atoms with Gasteiger partial charge in [0.25, 0.3) is 0 Å². The van der Waals surface area contributed by atoms with Gasteiger partial charge in [-0.05, 0) is 25.8 Å². The smallest absolute Gasteiger partial charge is 0.311 e. The summed E-state index contributed by atoms with van der Waals surface area (Å²) in [5.41, 5.74) is 1.19. The molecule has 2 rings (SSSR count). The molecule has 0 amide bonds. The molecule has 21 heavy (non-hydrogen) atoms. The van der Waals surface area contributed by atoms with Crippen LogP contribution in [0.4, 0.5) is 13.2 Å². The van der Waals surface area contributed by atoms with Gasteiger partial charge in [0.1, 0.15) is 11.3 Å². The highest BCUT2D eigenvalue weighted by Crippen LogP contribution is 2.27. The van der Waals surface area contributed by atoms with E-state index in [0.29, 0.717) is 35.0 Å². The summed E-state index contributed by atoms with van der Waals surface area (Å²) in [5, 5.41) is 0.0959. The largest absolute Gasteiger partial charge is 0.389 e. The van der Waals surface area contributed by atoms with Gasteiger partial charge in [-0.15, -0.1) is 11.6 Å². The third-order valence-electron chi connectivity index (χ3n) is 3.03. The van der Waals surface area contributed by atoms with Gasteiger partial charge >= 0.3 is 6.18 Å². The number of aromatic nitrogens is 3. The second kappa shape index (κ2) is 6.40. The Morgan fingerprint density at radius 3 is 2.67 bits per heavy atom. The molecule has 2 aromatic heterocycles. The summed E-state index contributed by atoms with van der Waals surface area (Å²) in [7, 11) is 0. The number of aryl methyl sites for hydroxylation is 1. The number of nitrogens with zero attached hydrogens (tertiary/aromatic N) is 3. The monoisotopic (exact) mass is 339 g/mol. The van der Waals surface area contributed by atoms with E-state index in [4.69, 9.17) is 23.2 Å². The number of halogens is 5. The van der Waals surface area contributed by atoms with Crippen LogP contribution in [0.25, 0.3) is 11.2 Å². The Bertz CT molecular complexity index is 623. The minimum Gasteiger partial charge on any atom is -0.311 e. The number of fused-ring (bicyclic) bond motifs is 1. The van der Waals surface area contributed by atoms with Gasteiger partial charge in [-0.3, -0.25) is 0 Å². The van der Waals surface area contributed by atoms with Gasteiger partial charge in [-0.25, -0.2) is 9.97 Å². The third kappa shape index (κ3) is 4.23. The van der Waals surface area contributed by atoms with Crippen LogP contribution in [0.5, 0.6) is 0 Å². The zero-order valence-electron chi connectivity index (χ0n) is 11.3. The minimum absolute atomic E-state index is 0.0624. The van der Waals surface area contributed by atoms with Gasteiger partial charge in [0.2, 0.25) is 0 Å². The van der Waals surface area contributed by atoms with Gasteiger partial charge in [0, 0.05) is 19.2 Å². The van der Waals surface area contributed by atoms with Crippen molar-refractivity contribution in [3.63, 3.8) is 0 Å². The first-order valence-electron chi connectivity index (χ1n) is 6.50.